The van der Waals surface area contributed by atoms with E-state index in [0.29, 0.717) is 15.7 Å². The van der Waals surface area contributed by atoms with Crippen LogP contribution in [0, 0.1) is 6.92 Å². The molecular weight excluding hydrogens is 607 g/mol. The zero-order valence-electron chi connectivity index (χ0n) is 24.2. The predicted molar refractivity (Wildman–Crippen MR) is 187 cm³/mol. The standard InChI is InChI=1S/C35H31N3O3S3/c1-3-41-34(40)30-29(24-11-6-4-7-12-24)22-43-33(30)38-32(39)31(25-13-8-5-9-14-25)44-28-16-10-15-27(21-28)37-35(42)36-26-19-17-23(2)18-20-26/h4-22,31H,3H2,1-2H3,(H,38,39)(H2,36,37,42). The third-order valence-corrected chi connectivity index (χ3v) is 8.94. The second kappa shape index (κ2) is 14.8. The van der Waals surface area contributed by atoms with Crippen LogP contribution in [-0.4, -0.2) is 23.6 Å². The SMILES string of the molecule is CCOC(=O)c1c(-c2ccccc2)csc1NC(=O)C(Sc1cccc(NC(=S)Nc2ccc(C)cc2)c1)c1ccccc1. The second-order valence-electron chi connectivity index (χ2n) is 9.81. The zero-order chi connectivity index (χ0) is 30.9. The molecule has 0 spiro atoms. The van der Waals surface area contributed by atoms with Gasteiger partial charge in [0.2, 0.25) is 5.91 Å². The Labute approximate surface area is 270 Å². The molecule has 0 saturated carbocycles. The highest BCUT2D eigenvalue weighted by Crippen LogP contribution is 2.40. The first kappa shape index (κ1) is 31.0. The molecule has 3 N–H and O–H groups in total. The van der Waals surface area contributed by atoms with Crippen LogP contribution in [-0.2, 0) is 9.53 Å². The van der Waals surface area contributed by atoms with Crippen LogP contribution in [0.15, 0.2) is 119 Å². The number of ether oxygens (including phenoxy) is 1. The Kier molecular flexibility index (Phi) is 10.5. The fourth-order valence-electron chi connectivity index (χ4n) is 4.48. The van der Waals surface area contributed by atoms with Crippen molar-refractivity contribution in [1.82, 2.24) is 0 Å². The highest BCUT2D eigenvalue weighted by Gasteiger charge is 2.27. The van der Waals surface area contributed by atoms with Crippen LogP contribution in [0.5, 0.6) is 0 Å². The van der Waals surface area contributed by atoms with E-state index >= 15 is 0 Å². The number of nitrogens with one attached hydrogen (secondary N) is 3. The van der Waals surface area contributed by atoms with Gasteiger partial charge in [-0.05, 0) is 67.5 Å². The average Bonchev–Trinajstić information content (AvgIpc) is 3.45. The monoisotopic (exact) mass is 637 g/mol. The fraction of sp³-hybridized carbons (Fsp3) is 0.114. The van der Waals surface area contributed by atoms with Gasteiger partial charge in [0.25, 0.3) is 0 Å². The number of thioether (sulfide) groups is 1. The van der Waals surface area contributed by atoms with E-state index < -0.39 is 11.2 Å². The van der Waals surface area contributed by atoms with Gasteiger partial charge in [-0.2, -0.15) is 0 Å². The van der Waals surface area contributed by atoms with Crippen LogP contribution in [0.25, 0.3) is 11.1 Å². The summed E-state index contributed by atoms with van der Waals surface area (Å²) >= 11 is 8.26. The van der Waals surface area contributed by atoms with E-state index in [0.717, 1.165) is 33.0 Å². The number of carbonyl (C=O) groups excluding carboxylic acids is 2. The third kappa shape index (κ3) is 7.93. The Hall–Kier alpha value is -4.44. The van der Waals surface area contributed by atoms with Crippen molar-refractivity contribution in [1.29, 1.82) is 0 Å². The first-order valence-corrected chi connectivity index (χ1v) is 16.2. The summed E-state index contributed by atoms with van der Waals surface area (Å²) < 4.78 is 5.39. The molecule has 0 aliphatic rings. The van der Waals surface area contributed by atoms with E-state index in [2.05, 4.69) is 16.0 Å². The van der Waals surface area contributed by atoms with Crippen LogP contribution in [0.2, 0.25) is 0 Å². The normalized spacial score (nSPS) is 11.3. The van der Waals surface area contributed by atoms with Gasteiger partial charge in [-0.15, -0.1) is 23.1 Å². The van der Waals surface area contributed by atoms with E-state index in [4.69, 9.17) is 17.0 Å². The molecule has 0 aliphatic heterocycles. The molecule has 1 atom stereocenters. The minimum absolute atomic E-state index is 0.229. The topological polar surface area (TPSA) is 79.5 Å². The Morgan fingerprint density at radius 3 is 2.23 bits per heavy atom. The maximum Gasteiger partial charge on any atom is 0.341 e. The summed E-state index contributed by atoms with van der Waals surface area (Å²) in [7, 11) is 0. The molecular formula is C35H31N3O3S3. The van der Waals surface area contributed by atoms with Crippen molar-refractivity contribution in [2.75, 3.05) is 22.6 Å². The van der Waals surface area contributed by atoms with Crippen molar-refractivity contribution >= 4 is 68.7 Å². The van der Waals surface area contributed by atoms with Crippen molar-refractivity contribution in [3.63, 3.8) is 0 Å². The van der Waals surface area contributed by atoms with Crippen molar-refractivity contribution < 1.29 is 14.3 Å². The van der Waals surface area contributed by atoms with Crippen LogP contribution in [0.4, 0.5) is 16.4 Å². The van der Waals surface area contributed by atoms with E-state index in [1.807, 2.05) is 121 Å². The maximum atomic E-state index is 14.0. The summed E-state index contributed by atoms with van der Waals surface area (Å²) in [6, 6.07) is 34.9. The van der Waals surface area contributed by atoms with Crippen LogP contribution in [0.3, 0.4) is 0 Å². The summed E-state index contributed by atoms with van der Waals surface area (Å²) in [5, 5.41) is 11.7. The van der Waals surface area contributed by atoms with Crippen LogP contribution in [0.1, 0.15) is 33.7 Å². The molecule has 0 aliphatic carbocycles. The molecule has 6 nitrogen and oxygen atoms in total. The quantitative estimate of drug-likeness (QED) is 0.0801. The first-order chi connectivity index (χ1) is 21.4. The number of aryl methyl sites for hydroxylation is 1. The van der Waals surface area contributed by atoms with Crippen molar-refractivity contribution in [3.8, 4) is 11.1 Å². The van der Waals surface area contributed by atoms with Gasteiger partial charge < -0.3 is 20.7 Å². The molecule has 44 heavy (non-hydrogen) atoms. The highest BCUT2D eigenvalue weighted by molar-refractivity contribution is 8.00. The lowest BCUT2D eigenvalue weighted by atomic mass is 10.0. The van der Waals surface area contributed by atoms with Gasteiger partial charge in [0.15, 0.2) is 5.11 Å². The molecule has 9 heteroatoms. The molecule has 1 heterocycles. The number of carbonyl (C=O) groups is 2. The zero-order valence-corrected chi connectivity index (χ0v) is 26.7. The van der Waals surface area contributed by atoms with Gasteiger partial charge in [0.05, 0.1) is 6.61 Å². The van der Waals surface area contributed by atoms with E-state index in [1.165, 1.54) is 28.7 Å². The van der Waals surface area contributed by atoms with Gasteiger partial charge in [-0.1, -0.05) is 84.4 Å². The van der Waals surface area contributed by atoms with E-state index in [9.17, 15) is 9.59 Å². The number of thiocarbonyl (C=S) groups is 1. The Balaban J connectivity index is 1.38. The van der Waals surface area contributed by atoms with E-state index in [-0.39, 0.29) is 12.5 Å². The molecule has 222 valence electrons. The molecule has 4 aromatic carbocycles. The van der Waals surface area contributed by atoms with Crippen LogP contribution < -0.4 is 16.0 Å². The smallest absolute Gasteiger partial charge is 0.341 e. The Morgan fingerprint density at radius 2 is 1.52 bits per heavy atom. The number of hydrogen-bond acceptors (Lipinski definition) is 6. The second-order valence-corrected chi connectivity index (χ2v) is 12.3. The van der Waals surface area contributed by atoms with Crippen molar-refractivity contribution in [2.45, 2.75) is 24.0 Å². The van der Waals surface area contributed by atoms with Gasteiger partial charge in [-0.3, -0.25) is 4.79 Å². The number of amides is 1. The van der Waals surface area contributed by atoms with Crippen molar-refractivity contribution in [3.05, 3.63) is 131 Å². The first-order valence-electron chi connectivity index (χ1n) is 14.0. The lowest BCUT2D eigenvalue weighted by molar-refractivity contribution is -0.115. The minimum atomic E-state index is -0.596. The largest absolute Gasteiger partial charge is 0.462 e. The van der Waals surface area contributed by atoms with Crippen LogP contribution >= 0.6 is 35.3 Å². The number of rotatable bonds is 10. The lowest BCUT2D eigenvalue weighted by Gasteiger charge is -2.18. The number of esters is 1. The summed E-state index contributed by atoms with van der Waals surface area (Å²) in [5.74, 6) is -0.719. The number of benzene rings is 4. The van der Waals surface area contributed by atoms with Gasteiger partial charge in [0, 0.05) is 27.2 Å². The number of thiophene rings is 1. The molecule has 0 bridgehead atoms. The number of hydrogen-bond donors (Lipinski definition) is 3. The van der Waals surface area contributed by atoms with Gasteiger partial charge in [-0.25, -0.2) is 4.79 Å². The Bertz CT molecular complexity index is 1740. The van der Waals surface area contributed by atoms with Crippen molar-refractivity contribution in [2.24, 2.45) is 0 Å². The average molecular weight is 638 g/mol. The lowest BCUT2D eigenvalue weighted by Crippen LogP contribution is -2.20. The molecule has 0 saturated heterocycles. The summed E-state index contributed by atoms with van der Waals surface area (Å²) in [6.07, 6.45) is 0. The molecule has 1 aromatic heterocycles. The fourth-order valence-corrected chi connectivity index (χ4v) is 6.76. The molecule has 1 amide bonds. The highest BCUT2D eigenvalue weighted by atomic mass is 32.2. The summed E-state index contributed by atoms with van der Waals surface area (Å²) in [6.45, 7) is 4.03. The molecule has 0 fully saturated rings. The number of anilines is 3. The van der Waals surface area contributed by atoms with E-state index in [1.54, 1.807) is 6.92 Å². The molecule has 0 radical (unpaired) electrons. The molecule has 5 aromatic rings. The maximum absolute atomic E-state index is 14.0. The molecule has 5 rings (SSSR count). The minimum Gasteiger partial charge on any atom is -0.462 e. The molecule has 1 unspecified atom stereocenters. The summed E-state index contributed by atoms with van der Waals surface area (Å²) in [5.41, 5.74) is 5.65. The predicted octanol–water partition coefficient (Wildman–Crippen LogP) is 9.18. The third-order valence-electron chi connectivity index (χ3n) is 6.59. The Morgan fingerprint density at radius 1 is 0.841 bits per heavy atom. The van der Waals surface area contributed by atoms with Gasteiger partial charge in [0.1, 0.15) is 15.8 Å². The summed E-state index contributed by atoms with van der Waals surface area (Å²) in [4.78, 5) is 27.9. The van der Waals surface area contributed by atoms with Gasteiger partial charge >= 0.3 is 5.97 Å².